The Morgan fingerprint density at radius 1 is 1.16 bits per heavy atom. The van der Waals surface area contributed by atoms with Crippen LogP contribution in [0.1, 0.15) is 43.8 Å². The van der Waals surface area contributed by atoms with E-state index in [1.807, 2.05) is 0 Å². The monoisotopic (exact) mass is 461 g/mol. The summed E-state index contributed by atoms with van der Waals surface area (Å²) in [5.41, 5.74) is 0.407. The van der Waals surface area contributed by atoms with Crippen LogP contribution in [0.4, 0.5) is 5.69 Å². The lowest BCUT2D eigenvalue weighted by atomic mass is 9.85. The molecule has 1 aliphatic carbocycles. The summed E-state index contributed by atoms with van der Waals surface area (Å²) in [6.45, 7) is 5.25. The fourth-order valence-electron chi connectivity index (χ4n) is 4.25. The number of aromatic nitrogens is 2. The second-order valence-electron chi connectivity index (χ2n) is 8.41. The summed E-state index contributed by atoms with van der Waals surface area (Å²) in [5.74, 6) is 1.49. The molecule has 3 aliphatic rings. The Morgan fingerprint density at radius 3 is 2.62 bits per heavy atom. The Labute approximate surface area is 187 Å². The van der Waals surface area contributed by atoms with Crippen LogP contribution in [-0.2, 0) is 21.4 Å². The van der Waals surface area contributed by atoms with Crippen LogP contribution in [-0.4, -0.2) is 73.0 Å². The number of rotatable bonds is 6. The van der Waals surface area contributed by atoms with Crippen molar-refractivity contribution < 1.29 is 22.5 Å². The van der Waals surface area contributed by atoms with E-state index >= 15 is 0 Å². The van der Waals surface area contributed by atoms with Crippen molar-refractivity contribution in [1.82, 2.24) is 19.3 Å². The minimum Gasteiger partial charge on any atom is -0.482 e. The number of hydrogen-bond acceptors (Lipinski definition) is 8. The summed E-state index contributed by atoms with van der Waals surface area (Å²) in [6, 6.07) is 4.66. The van der Waals surface area contributed by atoms with Gasteiger partial charge >= 0.3 is 0 Å². The van der Waals surface area contributed by atoms with Gasteiger partial charge in [-0.15, -0.1) is 0 Å². The number of amides is 1. The first-order chi connectivity index (χ1) is 15.5. The summed E-state index contributed by atoms with van der Waals surface area (Å²) in [5, 5.41) is 4.03. The van der Waals surface area contributed by atoms with Gasteiger partial charge in [0.1, 0.15) is 5.75 Å². The molecule has 1 amide bonds. The maximum Gasteiger partial charge on any atom is 0.265 e. The van der Waals surface area contributed by atoms with E-state index in [0.29, 0.717) is 55.2 Å². The number of hydrogen-bond donors (Lipinski definition) is 0. The van der Waals surface area contributed by atoms with Crippen LogP contribution in [0.2, 0.25) is 0 Å². The Kier molecular flexibility index (Phi) is 5.64. The van der Waals surface area contributed by atoms with Crippen molar-refractivity contribution in [3.05, 3.63) is 29.9 Å². The highest BCUT2D eigenvalue weighted by Gasteiger charge is 2.33. The molecule has 1 aromatic carbocycles. The molecular formula is C21H27N5O5S. The van der Waals surface area contributed by atoms with Crippen LogP contribution in [0, 0.1) is 0 Å². The molecule has 1 saturated carbocycles. The first kappa shape index (κ1) is 21.4. The third-order valence-electron chi connectivity index (χ3n) is 6.53. The van der Waals surface area contributed by atoms with Crippen LogP contribution in [0.3, 0.4) is 0 Å². The number of fused-ring (bicyclic) bond motifs is 1. The molecule has 0 unspecified atom stereocenters. The van der Waals surface area contributed by atoms with Crippen LogP contribution < -0.4 is 9.64 Å². The number of sulfonamides is 1. The average molecular weight is 462 g/mol. The zero-order valence-corrected chi connectivity index (χ0v) is 18.9. The Balaban J connectivity index is 1.40. The van der Waals surface area contributed by atoms with Gasteiger partial charge in [-0.05, 0) is 37.6 Å². The van der Waals surface area contributed by atoms with Crippen molar-refractivity contribution in [3.63, 3.8) is 0 Å². The molecule has 10 nitrogen and oxygen atoms in total. The fourth-order valence-corrected chi connectivity index (χ4v) is 5.69. The molecule has 5 rings (SSSR count). The molecular weight excluding hydrogens is 434 g/mol. The van der Waals surface area contributed by atoms with Gasteiger partial charge in [0.25, 0.3) is 5.91 Å². The summed E-state index contributed by atoms with van der Waals surface area (Å²) >= 11 is 0. The number of benzene rings is 1. The van der Waals surface area contributed by atoms with Crippen molar-refractivity contribution in [1.29, 1.82) is 0 Å². The number of carbonyl (C=O) groups excluding carboxylic acids is 1. The van der Waals surface area contributed by atoms with E-state index in [1.165, 1.54) is 21.3 Å². The molecule has 1 aromatic heterocycles. The van der Waals surface area contributed by atoms with Gasteiger partial charge in [-0.2, -0.15) is 9.29 Å². The van der Waals surface area contributed by atoms with Crippen molar-refractivity contribution >= 4 is 21.6 Å². The Bertz CT molecular complexity index is 1110. The van der Waals surface area contributed by atoms with Gasteiger partial charge in [0, 0.05) is 32.1 Å². The molecule has 1 saturated heterocycles. The highest BCUT2D eigenvalue weighted by molar-refractivity contribution is 7.89. The molecule has 0 spiro atoms. The number of anilines is 1. The van der Waals surface area contributed by atoms with Crippen molar-refractivity contribution in [2.24, 2.45) is 0 Å². The molecule has 32 heavy (non-hydrogen) atoms. The van der Waals surface area contributed by atoms with Gasteiger partial charge in [0.2, 0.25) is 15.9 Å². The summed E-state index contributed by atoms with van der Waals surface area (Å²) < 4.78 is 38.9. The number of carbonyl (C=O) groups is 1. The largest absolute Gasteiger partial charge is 0.482 e. The van der Waals surface area contributed by atoms with Crippen LogP contribution >= 0.6 is 0 Å². The molecule has 172 valence electrons. The lowest BCUT2D eigenvalue weighted by Gasteiger charge is -2.34. The van der Waals surface area contributed by atoms with Gasteiger partial charge in [-0.25, -0.2) is 8.42 Å². The lowest BCUT2D eigenvalue weighted by Crippen LogP contribution is -2.48. The van der Waals surface area contributed by atoms with Crippen molar-refractivity contribution in [2.45, 2.75) is 43.5 Å². The molecule has 0 N–H and O–H groups in total. The lowest BCUT2D eigenvalue weighted by molar-refractivity contribution is -0.121. The van der Waals surface area contributed by atoms with Gasteiger partial charge < -0.3 is 14.2 Å². The number of piperazine rings is 1. The second kappa shape index (κ2) is 8.45. The highest BCUT2D eigenvalue weighted by Crippen LogP contribution is 2.37. The summed E-state index contributed by atoms with van der Waals surface area (Å²) in [4.78, 5) is 20.9. The number of likely N-dealkylation sites (N-methyl/N-ethyl adjacent to an activating group) is 1. The maximum atomic E-state index is 13.3. The predicted molar refractivity (Wildman–Crippen MR) is 115 cm³/mol. The van der Waals surface area contributed by atoms with Crippen molar-refractivity contribution in [2.75, 3.05) is 44.2 Å². The number of nitrogens with zero attached hydrogens (tertiary/aromatic N) is 5. The van der Waals surface area contributed by atoms with E-state index in [4.69, 9.17) is 9.26 Å². The first-order valence-electron chi connectivity index (χ1n) is 11.1. The van der Waals surface area contributed by atoms with Gasteiger partial charge in [0.15, 0.2) is 12.4 Å². The highest BCUT2D eigenvalue weighted by atomic mass is 32.2. The quantitative estimate of drug-likeness (QED) is 0.638. The molecule has 2 aliphatic heterocycles. The third-order valence-corrected chi connectivity index (χ3v) is 8.42. The first-order valence-corrected chi connectivity index (χ1v) is 12.5. The molecule has 2 aromatic rings. The maximum absolute atomic E-state index is 13.3. The molecule has 2 fully saturated rings. The second-order valence-corrected chi connectivity index (χ2v) is 10.4. The zero-order chi connectivity index (χ0) is 22.3. The van der Waals surface area contributed by atoms with Crippen LogP contribution in [0.5, 0.6) is 5.75 Å². The molecule has 3 heterocycles. The SMILES string of the molecule is CCN1CCN(S(=O)(=O)c2ccc3c(c2)N(Cc2noc(C4CCC4)n2)C(=O)CO3)CC1. The molecule has 11 heteroatoms. The van der Waals surface area contributed by atoms with E-state index in [1.54, 1.807) is 6.07 Å². The molecule has 0 bridgehead atoms. The minimum atomic E-state index is -3.68. The zero-order valence-electron chi connectivity index (χ0n) is 18.1. The van der Waals surface area contributed by atoms with Crippen LogP contribution in [0.25, 0.3) is 0 Å². The van der Waals surface area contributed by atoms with E-state index in [9.17, 15) is 13.2 Å². The van der Waals surface area contributed by atoms with Gasteiger partial charge in [-0.1, -0.05) is 18.5 Å². The topological polar surface area (TPSA) is 109 Å². The van der Waals surface area contributed by atoms with Gasteiger partial charge in [0.05, 0.1) is 17.1 Å². The Hall–Kier alpha value is -2.50. The standard InChI is InChI=1S/C21H27N5O5S/c1-2-24-8-10-25(11-9-24)32(28,29)16-6-7-18-17(12-16)26(20(27)14-30-18)13-19-22-21(31-23-19)15-4-3-5-15/h6-7,12,15H,2-5,8-11,13-14H2,1H3. The minimum absolute atomic E-state index is 0.101. The van der Waals surface area contributed by atoms with E-state index in [0.717, 1.165) is 25.8 Å². The van der Waals surface area contributed by atoms with Crippen LogP contribution in [0.15, 0.2) is 27.6 Å². The fraction of sp³-hybridized carbons (Fsp3) is 0.571. The third kappa shape index (κ3) is 3.89. The predicted octanol–water partition coefficient (Wildman–Crippen LogP) is 1.59. The van der Waals surface area contributed by atoms with Crippen molar-refractivity contribution in [3.8, 4) is 5.75 Å². The normalized spacial score (nSPS) is 20.7. The number of ether oxygens (including phenoxy) is 1. The summed E-state index contributed by atoms with van der Waals surface area (Å²) in [6.07, 6.45) is 3.23. The van der Waals surface area contributed by atoms with E-state index < -0.39 is 10.0 Å². The Morgan fingerprint density at radius 2 is 1.94 bits per heavy atom. The summed E-state index contributed by atoms with van der Waals surface area (Å²) in [7, 11) is -3.68. The van der Waals surface area contributed by atoms with E-state index in [2.05, 4.69) is 22.0 Å². The van der Waals surface area contributed by atoms with Gasteiger partial charge in [-0.3, -0.25) is 9.69 Å². The smallest absolute Gasteiger partial charge is 0.265 e. The molecule has 0 atom stereocenters. The molecule has 0 radical (unpaired) electrons. The average Bonchev–Trinajstić information content (AvgIpc) is 3.22. The van der Waals surface area contributed by atoms with E-state index in [-0.39, 0.29) is 24.0 Å².